The smallest absolute Gasteiger partial charge is 0.123 e. The van der Waals surface area contributed by atoms with Gasteiger partial charge >= 0.3 is 0 Å². The summed E-state index contributed by atoms with van der Waals surface area (Å²) in [4.78, 5) is 0.136. The van der Waals surface area contributed by atoms with E-state index in [0.717, 1.165) is 24.3 Å². The summed E-state index contributed by atoms with van der Waals surface area (Å²) in [6.45, 7) is 3.43. The first-order chi connectivity index (χ1) is 10.3. The zero-order valence-electron chi connectivity index (χ0n) is 12.5. The Labute approximate surface area is 135 Å². The van der Waals surface area contributed by atoms with Gasteiger partial charge in [-0.3, -0.25) is 0 Å². The SMILES string of the molecule is CCOc1ccccc1C(Br)c1ccc(CCOC)cc1. The molecule has 0 fully saturated rings. The van der Waals surface area contributed by atoms with Gasteiger partial charge in [0.15, 0.2) is 0 Å². The van der Waals surface area contributed by atoms with Gasteiger partial charge in [0.05, 0.1) is 18.0 Å². The Morgan fingerprint density at radius 1 is 1.05 bits per heavy atom. The summed E-state index contributed by atoms with van der Waals surface area (Å²) in [6.07, 6.45) is 0.944. The Morgan fingerprint density at radius 3 is 2.43 bits per heavy atom. The van der Waals surface area contributed by atoms with Crippen molar-refractivity contribution in [3.63, 3.8) is 0 Å². The summed E-state index contributed by atoms with van der Waals surface area (Å²) in [7, 11) is 1.73. The number of ether oxygens (including phenoxy) is 2. The quantitative estimate of drug-likeness (QED) is 0.671. The molecule has 0 amide bonds. The van der Waals surface area contributed by atoms with Gasteiger partial charge in [0.2, 0.25) is 0 Å². The fourth-order valence-electron chi connectivity index (χ4n) is 2.23. The summed E-state index contributed by atoms with van der Waals surface area (Å²) >= 11 is 3.79. The summed E-state index contributed by atoms with van der Waals surface area (Å²) in [5, 5.41) is 0. The van der Waals surface area contributed by atoms with Crippen molar-refractivity contribution in [2.75, 3.05) is 20.3 Å². The first-order valence-electron chi connectivity index (χ1n) is 7.19. The molecule has 2 rings (SSSR count). The minimum Gasteiger partial charge on any atom is -0.494 e. The van der Waals surface area contributed by atoms with E-state index in [1.165, 1.54) is 11.1 Å². The maximum Gasteiger partial charge on any atom is 0.123 e. The Kier molecular flexibility index (Phi) is 6.27. The summed E-state index contributed by atoms with van der Waals surface area (Å²) in [5.41, 5.74) is 3.67. The largest absolute Gasteiger partial charge is 0.494 e. The molecule has 112 valence electrons. The Bertz CT molecular complexity index is 551. The fourth-order valence-corrected chi connectivity index (χ4v) is 2.91. The van der Waals surface area contributed by atoms with E-state index in [0.29, 0.717) is 6.61 Å². The molecule has 0 aliphatic heterocycles. The van der Waals surface area contributed by atoms with Crippen LogP contribution in [0.5, 0.6) is 5.75 Å². The lowest BCUT2D eigenvalue weighted by Crippen LogP contribution is -2.00. The molecular formula is C18H21BrO2. The fraction of sp³-hybridized carbons (Fsp3) is 0.333. The van der Waals surface area contributed by atoms with Gasteiger partial charge in [-0.2, -0.15) is 0 Å². The summed E-state index contributed by atoms with van der Waals surface area (Å²) in [5.74, 6) is 0.935. The molecule has 3 heteroatoms. The predicted octanol–water partition coefficient (Wildman–Crippen LogP) is 4.76. The van der Waals surface area contributed by atoms with E-state index in [2.05, 4.69) is 46.3 Å². The number of hydrogen-bond acceptors (Lipinski definition) is 2. The number of rotatable bonds is 7. The van der Waals surface area contributed by atoms with Gasteiger partial charge < -0.3 is 9.47 Å². The van der Waals surface area contributed by atoms with E-state index in [1.807, 2.05) is 25.1 Å². The second-order valence-corrected chi connectivity index (χ2v) is 5.73. The highest BCUT2D eigenvalue weighted by molar-refractivity contribution is 9.09. The average Bonchev–Trinajstić information content (AvgIpc) is 2.53. The predicted molar refractivity (Wildman–Crippen MR) is 90.4 cm³/mol. The number of hydrogen-bond donors (Lipinski definition) is 0. The zero-order chi connectivity index (χ0) is 15.1. The average molecular weight is 349 g/mol. The first-order valence-corrected chi connectivity index (χ1v) is 8.11. The van der Waals surface area contributed by atoms with Gasteiger partial charge in [0, 0.05) is 12.7 Å². The molecule has 2 aromatic rings. The van der Waals surface area contributed by atoms with Crippen LogP contribution in [0.3, 0.4) is 0 Å². The lowest BCUT2D eigenvalue weighted by atomic mass is 10.0. The van der Waals surface area contributed by atoms with E-state index in [9.17, 15) is 0 Å². The molecule has 2 aromatic carbocycles. The number of methoxy groups -OCH3 is 1. The van der Waals surface area contributed by atoms with Crippen LogP contribution in [0, 0.1) is 0 Å². The van der Waals surface area contributed by atoms with Gasteiger partial charge in [-0.1, -0.05) is 58.4 Å². The molecular weight excluding hydrogens is 328 g/mol. The molecule has 21 heavy (non-hydrogen) atoms. The van der Waals surface area contributed by atoms with Crippen LogP contribution in [0.2, 0.25) is 0 Å². The highest BCUT2D eigenvalue weighted by Gasteiger charge is 2.14. The molecule has 2 nitrogen and oxygen atoms in total. The van der Waals surface area contributed by atoms with Crippen molar-refractivity contribution in [2.45, 2.75) is 18.2 Å². The maximum atomic E-state index is 5.71. The topological polar surface area (TPSA) is 18.5 Å². The summed E-state index contributed by atoms with van der Waals surface area (Å²) < 4.78 is 10.8. The van der Waals surface area contributed by atoms with Gasteiger partial charge in [-0.25, -0.2) is 0 Å². The van der Waals surface area contributed by atoms with Crippen LogP contribution in [0.25, 0.3) is 0 Å². The van der Waals surface area contributed by atoms with Crippen LogP contribution >= 0.6 is 15.9 Å². The third kappa shape index (κ3) is 4.32. The van der Waals surface area contributed by atoms with E-state index in [-0.39, 0.29) is 4.83 Å². The molecule has 0 saturated carbocycles. The number of alkyl halides is 1. The minimum atomic E-state index is 0.136. The molecule has 0 heterocycles. The molecule has 0 spiro atoms. The van der Waals surface area contributed by atoms with Crippen LogP contribution in [-0.4, -0.2) is 20.3 Å². The van der Waals surface area contributed by atoms with Crippen LogP contribution in [0.1, 0.15) is 28.4 Å². The monoisotopic (exact) mass is 348 g/mol. The highest BCUT2D eigenvalue weighted by Crippen LogP contribution is 2.36. The molecule has 0 N–H and O–H groups in total. The van der Waals surface area contributed by atoms with Crippen molar-refractivity contribution in [1.82, 2.24) is 0 Å². The van der Waals surface area contributed by atoms with Crippen molar-refractivity contribution in [1.29, 1.82) is 0 Å². The van der Waals surface area contributed by atoms with Gasteiger partial charge in [0.25, 0.3) is 0 Å². The maximum absolute atomic E-state index is 5.71. The second-order valence-electron chi connectivity index (χ2n) is 4.82. The van der Waals surface area contributed by atoms with Crippen molar-refractivity contribution in [3.05, 3.63) is 65.2 Å². The third-order valence-corrected chi connectivity index (χ3v) is 4.38. The molecule has 1 atom stereocenters. The first kappa shape index (κ1) is 16.1. The number of benzene rings is 2. The lowest BCUT2D eigenvalue weighted by Gasteiger charge is -2.16. The Balaban J connectivity index is 2.17. The molecule has 0 radical (unpaired) electrons. The molecule has 0 aromatic heterocycles. The van der Waals surface area contributed by atoms with Crippen LogP contribution < -0.4 is 4.74 Å². The van der Waals surface area contributed by atoms with E-state index >= 15 is 0 Å². The van der Waals surface area contributed by atoms with Gasteiger partial charge in [-0.15, -0.1) is 0 Å². The molecule has 1 unspecified atom stereocenters. The standard InChI is InChI=1S/C18H21BrO2/c1-3-21-17-7-5-4-6-16(17)18(19)15-10-8-14(9-11-15)12-13-20-2/h4-11,18H,3,12-13H2,1-2H3. The molecule has 0 aliphatic rings. The Morgan fingerprint density at radius 2 is 1.76 bits per heavy atom. The van der Waals surface area contributed by atoms with Crippen LogP contribution in [0.15, 0.2) is 48.5 Å². The van der Waals surface area contributed by atoms with Crippen LogP contribution in [-0.2, 0) is 11.2 Å². The van der Waals surface area contributed by atoms with Crippen molar-refractivity contribution in [2.24, 2.45) is 0 Å². The normalized spacial score (nSPS) is 12.1. The van der Waals surface area contributed by atoms with Crippen molar-refractivity contribution in [3.8, 4) is 5.75 Å². The molecule has 0 aliphatic carbocycles. The van der Waals surface area contributed by atoms with E-state index in [4.69, 9.17) is 9.47 Å². The van der Waals surface area contributed by atoms with Gasteiger partial charge in [-0.05, 0) is 30.5 Å². The zero-order valence-corrected chi connectivity index (χ0v) is 14.1. The second kappa shape index (κ2) is 8.20. The minimum absolute atomic E-state index is 0.136. The number of para-hydroxylation sites is 1. The van der Waals surface area contributed by atoms with E-state index < -0.39 is 0 Å². The van der Waals surface area contributed by atoms with E-state index in [1.54, 1.807) is 7.11 Å². The number of halogens is 1. The highest BCUT2D eigenvalue weighted by atomic mass is 79.9. The molecule has 0 bridgehead atoms. The summed E-state index contributed by atoms with van der Waals surface area (Å²) in [6, 6.07) is 16.8. The molecule has 0 saturated heterocycles. The van der Waals surface area contributed by atoms with Gasteiger partial charge in [0.1, 0.15) is 5.75 Å². The van der Waals surface area contributed by atoms with Crippen molar-refractivity contribution < 1.29 is 9.47 Å². The Hall–Kier alpha value is -1.32. The van der Waals surface area contributed by atoms with Crippen molar-refractivity contribution >= 4 is 15.9 Å². The van der Waals surface area contributed by atoms with Crippen LogP contribution in [0.4, 0.5) is 0 Å². The lowest BCUT2D eigenvalue weighted by molar-refractivity contribution is 0.202. The third-order valence-electron chi connectivity index (χ3n) is 3.36.